The van der Waals surface area contributed by atoms with Crippen molar-refractivity contribution in [3.05, 3.63) is 0 Å². The summed E-state index contributed by atoms with van der Waals surface area (Å²) in [7, 11) is 0. The summed E-state index contributed by atoms with van der Waals surface area (Å²) in [4.78, 5) is 0. The van der Waals surface area contributed by atoms with Crippen LogP contribution in [0.25, 0.3) is 0 Å². The summed E-state index contributed by atoms with van der Waals surface area (Å²) in [6, 6.07) is 0. The molecule has 0 bridgehead atoms. The van der Waals surface area contributed by atoms with Crippen LogP contribution in [0.3, 0.4) is 0 Å². The van der Waals surface area contributed by atoms with Gasteiger partial charge in [0.05, 0.1) is 0 Å². The highest BCUT2D eigenvalue weighted by Gasteiger charge is 2.44. The third kappa shape index (κ3) is 1.51. The van der Waals surface area contributed by atoms with E-state index in [0.29, 0.717) is 0 Å². The molecular formula is C6H11FO4. The Morgan fingerprint density at radius 2 is 1.82 bits per heavy atom. The number of alkyl halides is 1. The van der Waals surface area contributed by atoms with Crippen LogP contribution in [0.5, 0.6) is 0 Å². The highest BCUT2D eigenvalue weighted by Crippen LogP contribution is 2.23. The van der Waals surface area contributed by atoms with E-state index >= 15 is 0 Å². The number of hydrogen-bond donors (Lipinski definition) is 3. The van der Waals surface area contributed by atoms with Crippen molar-refractivity contribution in [3.63, 3.8) is 0 Å². The fourth-order valence-electron chi connectivity index (χ4n) is 1.06. The molecule has 11 heavy (non-hydrogen) atoms. The molecule has 1 heterocycles. The van der Waals surface area contributed by atoms with Crippen molar-refractivity contribution in [1.82, 2.24) is 0 Å². The van der Waals surface area contributed by atoms with Crippen LogP contribution in [0.15, 0.2) is 0 Å². The Bertz CT molecular complexity index is 141. The average molecular weight is 166 g/mol. The normalized spacial score (nSPS) is 47.7. The number of ether oxygens (including phenoxy) is 1. The number of aliphatic hydroxyl groups is 3. The summed E-state index contributed by atoms with van der Waals surface area (Å²) in [6.07, 6.45) is -6.76. The maximum atomic E-state index is 12.5. The van der Waals surface area contributed by atoms with Gasteiger partial charge in [-0.05, 0) is 6.92 Å². The molecule has 0 aromatic rings. The fraction of sp³-hybridized carbons (Fsp3) is 1.00. The van der Waals surface area contributed by atoms with Crippen LogP contribution < -0.4 is 0 Å². The van der Waals surface area contributed by atoms with Gasteiger partial charge in [0.1, 0.15) is 24.5 Å². The van der Waals surface area contributed by atoms with E-state index in [1.165, 1.54) is 6.92 Å². The Morgan fingerprint density at radius 3 is 2.00 bits per heavy atom. The topological polar surface area (TPSA) is 69.9 Å². The fourth-order valence-corrected chi connectivity index (χ4v) is 1.06. The van der Waals surface area contributed by atoms with Crippen LogP contribution in [0.1, 0.15) is 6.92 Å². The van der Waals surface area contributed by atoms with Gasteiger partial charge in [-0.15, -0.1) is 0 Å². The van der Waals surface area contributed by atoms with Crippen molar-refractivity contribution in [2.24, 2.45) is 0 Å². The monoisotopic (exact) mass is 166 g/mol. The first-order chi connectivity index (χ1) is 5.04. The lowest BCUT2D eigenvalue weighted by Crippen LogP contribution is -2.35. The molecular weight excluding hydrogens is 155 g/mol. The van der Waals surface area contributed by atoms with Gasteiger partial charge in [0.25, 0.3) is 0 Å². The number of rotatable bonds is 1. The molecule has 0 spiro atoms. The van der Waals surface area contributed by atoms with Crippen LogP contribution in [-0.2, 0) is 4.74 Å². The molecule has 0 aromatic heterocycles. The van der Waals surface area contributed by atoms with E-state index in [2.05, 4.69) is 4.74 Å². The molecule has 0 radical (unpaired) electrons. The summed E-state index contributed by atoms with van der Waals surface area (Å²) in [5.74, 6) is 0. The molecule has 1 aliphatic rings. The molecule has 5 atom stereocenters. The van der Waals surface area contributed by atoms with E-state index < -0.39 is 30.8 Å². The zero-order chi connectivity index (χ0) is 8.59. The summed E-state index contributed by atoms with van der Waals surface area (Å²) in [5, 5.41) is 26.7. The molecule has 0 amide bonds. The SMILES string of the molecule is C[C@@H](F)[C@H]1OC(O)[C@H](O)[C@H]1O. The van der Waals surface area contributed by atoms with E-state index in [1.54, 1.807) is 0 Å². The Balaban J connectivity index is 2.59. The van der Waals surface area contributed by atoms with Crippen molar-refractivity contribution in [2.45, 2.75) is 37.7 Å². The quantitative estimate of drug-likeness (QED) is 0.457. The zero-order valence-corrected chi connectivity index (χ0v) is 6.01. The lowest BCUT2D eigenvalue weighted by atomic mass is 10.1. The molecule has 1 rings (SSSR count). The second-order valence-electron chi connectivity index (χ2n) is 2.65. The maximum Gasteiger partial charge on any atom is 0.184 e. The smallest absolute Gasteiger partial charge is 0.184 e. The third-order valence-electron chi connectivity index (χ3n) is 1.73. The molecule has 5 heteroatoms. The lowest BCUT2D eigenvalue weighted by Gasteiger charge is -2.14. The van der Waals surface area contributed by atoms with E-state index in [4.69, 9.17) is 15.3 Å². The second kappa shape index (κ2) is 3.02. The van der Waals surface area contributed by atoms with Gasteiger partial charge < -0.3 is 20.1 Å². The minimum Gasteiger partial charge on any atom is -0.387 e. The molecule has 3 N–H and O–H groups in total. The maximum absolute atomic E-state index is 12.5. The number of halogens is 1. The minimum absolute atomic E-state index is 1.13. The Hall–Kier alpha value is -0.230. The Morgan fingerprint density at radius 1 is 1.27 bits per heavy atom. The molecule has 1 fully saturated rings. The van der Waals surface area contributed by atoms with Crippen LogP contribution >= 0.6 is 0 Å². The van der Waals surface area contributed by atoms with Crippen LogP contribution in [0, 0.1) is 0 Å². The first kappa shape index (κ1) is 8.86. The lowest BCUT2D eigenvalue weighted by molar-refractivity contribution is -0.136. The highest BCUT2D eigenvalue weighted by molar-refractivity contribution is 4.88. The van der Waals surface area contributed by atoms with Gasteiger partial charge in [0, 0.05) is 0 Å². The standard InChI is InChI=1S/C6H11FO4/c1-2(7)5-3(8)4(9)6(10)11-5/h2-6,8-10H,1H3/t2-,3-,4-,5-,6?/m1/s1. The van der Waals surface area contributed by atoms with Gasteiger partial charge in [-0.3, -0.25) is 0 Å². The van der Waals surface area contributed by atoms with Gasteiger partial charge in [-0.1, -0.05) is 0 Å². The summed E-state index contributed by atoms with van der Waals surface area (Å²) < 4.78 is 17.0. The van der Waals surface area contributed by atoms with Gasteiger partial charge in [0.15, 0.2) is 6.29 Å². The predicted octanol–water partition coefficient (Wildman–Crippen LogP) is -1.22. The van der Waals surface area contributed by atoms with Crippen LogP contribution in [-0.4, -0.2) is 46.1 Å². The Kier molecular flexibility index (Phi) is 2.43. The van der Waals surface area contributed by atoms with Crippen LogP contribution in [0.2, 0.25) is 0 Å². The molecule has 0 aliphatic carbocycles. The van der Waals surface area contributed by atoms with Crippen LogP contribution in [0.4, 0.5) is 4.39 Å². The number of hydrogen-bond acceptors (Lipinski definition) is 4. The largest absolute Gasteiger partial charge is 0.387 e. The van der Waals surface area contributed by atoms with E-state index in [9.17, 15) is 4.39 Å². The molecule has 0 aromatic carbocycles. The first-order valence-corrected chi connectivity index (χ1v) is 3.37. The summed E-state index contributed by atoms with van der Waals surface area (Å²) in [6.45, 7) is 1.19. The van der Waals surface area contributed by atoms with E-state index in [0.717, 1.165) is 0 Å². The molecule has 66 valence electrons. The average Bonchev–Trinajstić information content (AvgIpc) is 2.17. The van der Waals surface area contributed by atoms with Gasteiger partial charge in [-0.25, -0.2) is 4.39 Å². The van der Waals surface area contributed by atoms with Crippen molar-refractivity contribution in [2.75, 3.05) is 0 Å². The number of aliphatic hydroxyl groups excluding tert-OH is 3. The highest BCUT2D eigenvalue weighted by atomic mass is 19.1. The van der Waals surface area contributed by atoms with Gasteiger partial charge in [-0.2, -0.15) is 0 Å². The predicted molar refractivity (Wildman–Crippen MR) is 33.5 cm³/mol. The van der Waals surface area contributed by atoms with Gasteiger partial charge >= 0.3 is 0 Å². The van der Waals surface area contributed by atoms with Crippen molar-refractivity contribution < 1.29 is 24.4 Å². The zero-order valence-electron chi connectivity index (χ0n) is 6.01. The first-order valence-electron chi connectivity index (χ1n) is 3.37. The summed E-state index contributed by atoms with van der Waals surface area (Å²) in [5.41, 5.74) is 0. The van der Waals surface area contributed by atoms with Crippen molar-refractivity contribution in [3.8, 4) is 0 Å². The van der Waals surface area contributed by atoms with E-state index in [1.807, 2.05) is 0 Å². The van der Waals surface area contributed by atoms with Crippen molar-refractivity contribution >= 4 is 0 Å². The van der Waals surface area contributed by atoms with E-state index in [-0.39, 0.29) is 0 Å². The second-order valence-corrected chi connectivity index (χ2v) is 2.65. The molecule has 1 saturated heterocycles. The minimum atomic E-state index is -1.48. The molecule has 0 saturated carbocycles. The summed E-state index contributed by atoms with van der Waals surface area (Å²) >= 11 is 0. The molecule has 1 aliphatic heterocycles. The van der Waals surface area contributed by atoms with Gasteiger partial charge in [0.2, 0.25) is 0 Å². The molecule has 4 nitrogen and oxygen atoms in total. The van der Waals surface area contributed by atoms with Crippen molar-refractivity contribution in [1.29, 1.82) is 0 Å². The third-order valence-corrected chi connectivity index (χ3v) is 1.73. The Labute approximate surface area is 63.2 Å². The molecule has 1 unspecified atom stereocenters.